The Hall–Kier alpha value is -3.54. The lowest BCUT2D eigenvalue weighted by molar-refractivity contribution is 0.0511. The van der Waals surface area contributed by atoms with Crippen molar-refractivity contribution in [1.29, 1.82) is 0 Å². The van der Waals surface area contributed by atoms with Crippen LogP contribution in [-0.2, 0) is 4.74 Å². The number of hydrogen-bond donors (Lipinski definition) is 0. The second-order valence-electron chi connectivity index (χ2n) is 6.38. The standard InChI is InChI=1S/C22H18FN3O2/c1-3-28-22(27)21-25-13-17-12-15(8-10-26(17)21)18-5-4-9-24-20(18)16-6-7-19(23)14(2)11-16/h4-13H,3H2,1-2H3. The van der Waals surface area contributed by atoms with Crippen molar-refractivity contribution in [3.05, 3.63) is 78.3 Å². The maximum atomic E-state index is 13.7. The van der Waals surface area contributed by atoms with Crippen molar-refractivity contribution in [3.63, 3.8) is 0 Å². The first-order valence-electron chi connectivity index (χ1n) is 8.94. The van der Waals surface area contributed by atoms with Gasteiger partial charge in [0.15, 0.2) is 0 Å². The van der Waals surface area contributed by atoms with Crippen LogP contribution < -0.4 is 0 Å². The molecule has 140 valence electrons. The number of benzene rings is 1. The predicted molar refractivity (Wildman–Crippen MR) is 105 cm³/mol. The first-order valence-corrected chi connectivity index (χ1v) is 8.94. The zero-order chi connectivity index (χ0) is 19.7. The van der Waals surface area contributed by atoms with Crippen molar-refractivity contribution < 1.29 is 13.9 Å². The largest absolute Gasteiger partial charge is 0.460 e. The summed E-state index contributed by atoms with van der Waals surface area (Å²) in [5.41, 5.74) is 4.78. The highest BCUT2D eigenvalue weighted by Gasteiger charge is 2.15. The van der Waals surface area contributed by atoms with E-state index in [4.69, 9.17) is 4.74 Å². The first kappa shape index (κ1) is 17.9. The minimum Gasteiger partial charge on any atom is -0.460 e. The highest BCUT2D eigenvalue weighted by molar-refractivity contribution is 5.88. The molecule has 0 N–H and O–H groups in total. The normalized spacial score (nSPS) is 11.0. The number of esters is 1. The monoisotopic (exact) mass is 375 g/mol. The number of halogens is 1. The van der Waals surface area contributed by atoms with Crippen molar-refractivity contribution in [2.45, 2.75) is 13.8 Å². The molecule has 0 saturated carbocycles. The number of carbonyl (C=O) groups excluding carboxylic acids is 1. The van der Waals surface area contributed by atoms with Gasteiger partial charge in [0.25, 0.3) is 0 Å². The Morgan fingerprint density at radius 2 is 2.00 bits per heavy atom. The Morgan fingerprint density at radius 3 is 2.79 bits per heavy atom. The minimum absolute atomic E-state index is 0.240. The smallest absolute Gasteiger partial charge is 0.374 e. The zero-order valence-corrected chi connectivity index (χ0v) is 15.5. The molecule has 0 unspecified atom stereocenters. The van der Waals surface area contributed by atoms with Crippen molar-refractivity contribution in [3.8, 4) is 22.4 Å². The zero-order valence-electron chi connectivity index (χ0n) is 15.5. The molecule has 4 aromatic rings. The van der Waals surface area contributed by atoms with Crippen LogP contribution in [0.1, 0.15) is 23.1 Å². The van der Waals surface area contributed by atoms with Crippen LogP contribution >= 0.6 is 0 Å². The third-order valence-electron chi connectivity index (χ3n) is 4.54. The third-order valence-corrected chi connectivity index (χ3v) is 4.54. The van der Waals surface area contributed by atoms with Crippen LogP contribution in [0.5, 0.6) is 0 Å². The van der Waals surface area contributed by atoms with E-state index < -0.39 is 5.97 Å². The molecule has 3 heterocycles. The number of fused-ring (bicyclic) bond motifs is 1. The van der Waals surface area contributed by atoms with Crippen molar-refractivity contribution in [1.82, 2.24) is 14.4 Å². The summed E-state index contributed by atoms with van der Waals surface area (Å²) in [4.78, 5) is 20.7. The molecule has 0 amide bonds. The third kappa shape index (κ3) is 3.13. The fourth-order valence-electron chi connectivity index (χ4n) is 3.17. The van der Waals surface area contributed by atoms with Gasteiger partial charge in [0.05, 0.1) is 24.0 Å². The number of carbonyl (C=O) groups is 1. The maximum absolute atomic E-state index is 13.7. The van der Waals surface area contributed by atoms with Gasteiger partial charge in [0, 0.05) is 23.5 Å². The van der Waals surface area contributed by atoms with E-state index in [1.165, 1.54) is 6.07 Å². The van der Waals surface area contributed by atoms with Gasteiger partial charge in [-0.3, -0.25) is 9.38 Å². The average Bonchev–Trinajstić information content (AvgIpc) is 3.13. The summed E-state index contributed by atoms with van der Waals surface area (Å²) in [7, 11) is 0. The van der Waals surface area contributed by atoms with E-state index in [2.05, 4.69) is 9.97 Å². The molecule has 0 bridgehead atoms. The molecular formula is C22H18FN3O2. The summed E-state index contributed by atoms with van der Waals surface area (Å²) in [6.07, 6.45) is 5.14. The number of rotatable bonds is 4. The van der Waals surface area contributed by atoms with Crippen LogP contribution in [-0.4, -0.2) is 26.9 Å². The van der Waals surface area contributed by atoms with Gasteiger partial charge in [0.1, 0.15) is 5.82 Å². The lowest BCUT2D eigenvalue weighted by Gasteiger charge is -2.11. The summed E-state index contributed by atoms with van der Waals surface area (Å²) < 4.78 is 20.4. The molecule has 0 aliphatic rings. The van der Waals surface area contributed by atoms with Crippen molar-refractivity contribution in [2.75, 3.05) is 6.61 Å². The molecule has 28 heavy (non-hydrogen) atoms. The van der Waals surface area contributed by atoms with Crippen LogP contribution in [0.2, 0.25) is 0 Å². The lowest BCUT2D eigenvalue weighted by atomic mass is 9.99. The summed E-state index contributed by atoms with van der Waals surface area (Å²) >= 11 is 0. The SMILES string of the molecule is CCOC(=O)c1ncc2cc(-c3cccnc3-c3ccc(F)c(C)c3)ccn12. The summed E-state index contributed by atoms with van der Waals surface area (Å²) in [5.74, 6) is -0.462. The van der Waals surface area contributed by atoms with Gasteiger partial charge < -0.3 is 4.74 Å². The van der Waals surface area contributed by atoms with Gasteiger partial charge in [-0.05, 0) is 61.4 Å². The predicted octanol–water partition coefficient (Wildman–Crippen LogP) is 4.69. The van der Waals surface area contributed by atoms with Crippen LogP contribution in [0, 0.1) is 12.7 Å². The molecule has 0 aliphatic heterocycles. The fourth-order valence-corrected chi connectivity index (χ4v) is 3.17. The summed E-state index contributed by atoms with van der Waals surface area (Å²) in [5, 5.41) is 0. The van der Waals surface area contributed by atoms with E-state index in [9.17, 15) is 9.18 Å². The van der Waals surface area contributed by atoms with Gasteiger partial charge in [-0.15, -0.1) is 0 Å². The number of imidazole rings is 1. The van der Waals surface area contributed by atoms with Crippen LogP contribution in [0.15, 0.2) is 61.1 Å². The molecular weight excluding hydrogens is 357 g/mol. The van der Waals surface area contributed by atoms with Crippen LogP contribution in [0.4, 0.5) is 4.39 Å². The maximum Gasteiger partial charge on any atom is 0.374 e. The highest BCUT2D eigenvalue weighted by Crippen LogP contribution is 2.31. The van der Waals surface area contributed by atoms with Gasteiger partial charge in [0.2, 0.25) is 5.82 Å². The van der Waals surface area contributed by atoms with Gasteiger partial charge in [-0.1, -0.05) is 6.07 Å². The topological polar surface area (TPSA) is 56.5 Å². The molecule has 0 saturated heterocycles. The van der Waals surface area contributed by atoms with Crippen molar-refractivity contribution >= 4 is 11.5 Å². The second-order valence-corrected chi connectivity index (χ2v) is 6.38. The summed E-state index contributed by atoms with van der Waals surface area (Å²) in [6.45, 7) is 3.78. The number of aromatic nitrogens is 3. The molecule has 0 spiro atoms. The molecule has 1 aromatic carbocycles. The van der Waals surface area contributed by atoms with Crippen molar-refractivity contribution in [2.24, 2.45) is 0 Å². The lowest BCUT2D eigenvalue weighted by Crippen LogP contribution is -2.09. The Labute approximate surface area is 161 Å². The van der Waals surface area contributed by atoms with Gasteiger partial charge >= 0.3 is 5.97 Å². The molecule has 0 radical (unpaired) electrons. The van der Waals surface area contributed by atoms with Gasteiger partial charge in [-0.2, -0.15) is 0 Å². The van der Waals surface area contributed by atoms with Crippen LogP contribution in [0.25, 0.3) is 27.9 Å². The summed E-state index contributed by atoms with van der Waals surface area (Å²) in [6, 6.07) is 12.6. The second kappa shape index (κ2) is 7.23. The Balaban J connectivity index is 1.81. The van der Waals surface area contributed by atoms with E-state index >= 15 is 0 Å². The molecule has 3 aromatic heterocycles. The molecule has 0 atom stereocenters. The average molecular weight is 375 g/mol. The quantitative estimate of drug-likeness (QED) is 0.486. The van der Waals surface area contributed by atoms with E-state index in [0.717, 1.165) is 27.9 Å². The number of hydrogen-bond acceptors (Lipinski definition) is 4. The fraction of sp³-hybridized carbons (Fsp3) is 0.136. The first-order chi connectivity index (χ1) is 13.6. The molecule has 4 rings (SSSR count). The Bertz CT molecular complexity index is 1180. The number of aryl methyl sites for hydroxylation is 1. The highest BCUT2D eigenvalue weighted by atomic mass is 19.1. The van der Waals surface area contributed by atoms with Gasteiger partial charge in [-0.25, -0.2) is 14.2 Å². The number of pyridine rings is 2. The Kier molecular flexibility index (Phi) is 4.61. The molecule has 6 heteroatoms. The van der Waals surface area contributed by atoms with E-state index in [0.29, 0.717) is 12.2 Å². The minimum atomic E-state index is -0.459. The number of nitrogens with zero attached hydrogens (tertiary/aromatic N) is 3. The molecule has 5 nitrogen and oxygen atoms in total. The van der Waals surface area contributed by atoms with Crippen LogP contribution in [0.3, 0.4) is 0 Å². The van der Waals surface area contributed by atoms with E-state index in [1.807, 2.05) is 24.3 Å². The Morgan fingerprint density at radius 1 is 1.14 bits per heavy atom. The van der Waals surface area contributed by atoms with E-state index in [-0.39, 0.29) is 11.6 Å². The molecule has 0 aliphatic carbocycles. The number of ether oxygens (including phenoxy) is 1. The van der Waals surface area contributed by atoms with E-state index in [1.54, 1.807) is 49.0 Å². The molecule has 0 fully saturated rings.